The standard InChI is InChI=1S/C21H24N4O/c1-15-13-16(2)25(23-15)14-17-7-3-4-12-24(17)21(26)19-8-5-10-20-18(19)9-6-11-22-20/h5-6,8-11,13,17H,3-4,7,12,14H2,1-2H3/t17-/m0/s1. The molecule has 0 saturated carbocycles. The number of carbonyl (C=O) groups excluding carboxylic acids is 1. The first kappa shape index (κ1) is 16.8. The van der Waals surface area contributed by atoms with E-state index in [2.05, 4.69) is 23.1 Å². The Kier molecular flexibility index (Phi) is 4.45. The molecule has 0 bridgehead atoms. The van der Waals surface area contributed by atoms with Crippen LogP contribution in [-0.4, -0.2) is 38.2 Å². The molecule has 1 aliphatic heterocycles. The molecule has 0 spiro atoms. The minimum atomic E-state index is 0.106. The summed E-state index contributed by atoms with van der Waals surface area (Å²) in [6.07, 6.45) is 5.00. The summed E-state index contributed by atoms with van der Waals surface area (Å²) in [6, 6.07) is 11.9. The van der Waals surface area contributed by atoms with Crippen LogP contribution < -0.4 is 0 Å². The number of hydrogen-bond acceptors (Lipinski definition) is 3. The molecule has 0 N–H and O–H groups in total. The monoisotopic (exact) mass is 348 g/mol. The van der Waals surface area contributed by atoms with Gasteiger partial charge in [0.2, 0.25) is 0 Å². The van der Waals surface area contributed by atoms with E-state index < -0.39 is 0 Å². The summed E-state index contributed by atoms with van der Waals surface area (Å²) in [7, 11) is 0. The molecule has 2 aromatic heterocycles. The summed E-state index contributed by atoms with van der Waals surface area (Å²) >= 11 is 0. The van der Waals surface area contributed by atoms with E-state index in [1.165, 1.54) is 0 Å². The quantitative estimate of drug-likeness (QED) is 0.724. The highest BCUT2D eigenvalue weighted by Crippen LogP contribution is 2.24. The van der Waals surface area contributed by atoms with Gasteiger partial charge < -0.3 is 4.90 Å². The number of amides is 1. The van der Waals surface area contributed by atoms with Crippen LogP contribution in [-0.2, 0) is 6.54 Å². The second-order valence-corrected chi connectivity index (χ2v) is 7.13. The van der Waals surface area contributed by atoms with Crippen molar-refractivity contribution in [1.82, 2.24) is 19.7 Å². The van der Waals surface area contributed by atoms with Gasteiger partial charge in [0.25, 0.3) is 5.91 Å². The Labute approximate surface area is 153 Å². The topological polar surface area (TPSA) is 51.0 Å². The van der Waals surface area contributed by atoms with Crippen LogP contribution in [0, 0.1) is 13.8 Å². The van der Waals surface area contributed by atoms with Crippen molar-refractivity contribution in [3.63, 3.8) is 0 Å². The van der Waals surface area contributed by atoms with Crippen LogP contribution in [0.3, 0.4) is 0 Å². The smallest absolute Gasteiger partial charge is 0.254 e. The molecule has 0 radical (unpaired) electrons. The molecular formula is C21H24N4O. The zero-order valence-corrected chi connectivity index (χ0v) is 15.4. The number of likely N-dealkylation sites (tertiary alicyclic amines) is 1. The molecule has 1 atom stereocenters. The van der Waals surface area contributed by atoms with Gasteiger partial charge in [-0.3, -0.25) is 14.5 Å². The molecule has 3 aromatic rings. The van der Waals surface area contributed by atoms with Crippen molar-refractivity contribution < 1.29 is 4.79 Å². The predicted octanol–water partition coefficient (Wildman–Crippen LogP) is 3.74. The Morgan fingerprint density at radius 3 is 2.88 bits per heavy atom. The van der Waals surface area contributed by atoms with E-state index in [0.717, 1.165) is 60.2 Å². The van der Waals surface area contributed by atoms with Gasteiger partial charge in [-0.1, -0.05) is 12.1 Å². The molecule has 0 unspecified atom stereocenters. The van der Waals surface area contributed by atoms with Gasteiger partial charge in [-0.2, -0.15) is 5.10 Å². The number of rotatable bonds is 3. The van der Waals surface area contributed by atoms with Gasteiger partial charge in [0.15, 0.2) is 0 Å². The van der Waals surface area contributed by atoms with Crippen molar-refractivity contribution in [1.29, 1.82) is 0 Å². The lowest BCUT2D eigenvalue weighted by atomic mass is 9.99. The highest BCUT2D eigenvalue weighted by Gasteiger charge is 2.29. The molecule has 1 aromatic carbocycles. The third-order valence-electron chi connectivity index (χ3n) is 5.25. The SMILES string of the molecule is Cc1cc(C)n(C[C@@H]2CCCCN2C(=O)c2cccc3ncccc23)n1. The molecule has 26 heavy (non-hydrogen) atoms. The first-order valence-electron chi connectivity index (χ1n) is 9.29. The van der Waals surface area contributed by atoms with Crippen molar-refractivity contribution in [2.75, 3.05) is 6.54 Å². The Bertz CT molecular complexity index is 941. The number of hydrogen-bond donors (Lipinski definition) is 0. The number of aryl methyl sites for hydroxylation is 2. The van der Waals surface area contributed by atoms with Crippen molar-refractivity contribution in [3.8, 4) is 0 Å². The number of aromatic nitrogens is 3. The summed E-state index contributed by atoms with van der Waals surface area (Å²) in [5, 5.41) is 5.52. The summed E-state index contributed by atoms with van der Waals surface area (Å²) in [6.45, 7) is 5.65. The van der Waals surface area contributed by atoms with Crippen molar-refractivity contribution >= 4 is 16.8 Å². The van der Waals surface area contributed by atoms with E-state index in [0.29, 0.717) is 0 Å². The minimum Gasteiger partial charge on any atom is -0.334 e. The average Bonchev–Trinajstić information content (AvgIpc) is 2.98. The van der Waals surface area contributed by atoms with E-state index in [1.807, 2.05) is 46.8 Å². The average molecular weight is 348 g/mol. The van der Waals surface area contributed by atoms with Crippen molar-refractivity contribution in [3.05, 3.63) is 59.5 Å². The van der Waals surface area contributed by atoms with Gasteiger partial charge in [-0.05, 0) is 57.4 Å². The fourth-order valence-electron chi connectivity index (χ4n) is 3.96. The first-order chi connectivity index (χ1) is 12.6. The molecular weight excluding hydrogens is 324 g/mol. The number of benzene rings is 1. The van der Waals surface area contributed by atoms with Crippen LogP contribution in [0.2, 0.25) is 0 Å². The van der Waals surface area contributed by atoms with Crippen LogP contribution in [0.15, 0.2) is 42.6 Å². The zero-order valence-electron chi connectivity index (χ0n) is 15.4. The normalized spacial score (nSPS) is 17.6. The molecule has 1 amide bonds. The van der Waals surface area contributed by atoms with E-state index in [-0.39, 0.29) is 11.9 Å². The van der Waals surface area contributed by atoms with Crippen LogP contribution in [0.5, 0.6) is 0 Å². The van der Waals surface area contributed by atoms with Crippen LogP contribution in [0.4, 0.5) is 0 Å². The molecule has 5 nitrogen and oxygen atoms in total. The van der Waals surface area contributed by atoms with Gasteiger partial charge in [-0.25, -0.2) is 0 Å². The molecule has 1 fully saturated rings. The lowest BCUT2D eigenvalue weighted by molar-refractivity contribution is 0.0585. The fourth-order valence-corrected chi connectivity index (χ4v) is 3.96. The van der Waals surface area contributed by atoms with Gasteiger partial charge in [-0.15, -0.1) is 0 Å². The second-order valence-electron chi connectivity index (χ2n) is 7.13. The maximum absolute atomic E-state index is 13.4. The Balaban J connectivity index is 1.65. The number of fused-ring (bicyclic) bond motifs is 1. The lowest BCUT2D eigenvalue weighted by Gasteiger charge is -2.36. The fraction of sp³-hybridized carbons (Fsp3) is 0.381. The second kappa shape index (κ2) is 6.90. The Morgan fingerprint density at radius 1 is 1.19 bits per heavy atom. The van der Waals surface area contributed by atoms with Gasteiger partial charge in [0.1, 0.15) is 0 Å². The Hall–Kier alpha value is -2.69. The molecule has 1 aliphatic rings. The molecule has 3 heterocycles. The van der Waals surface area contributed by atoms with Crippen LogP contribution in [0.25, 0.3) is 10.9 Å². The lowest BCUT2D eigenvalue weighted by Crippen LogP contribution is -2.46. The zero-order chi connectivity index (χ0) is 18.1. The van der Waals surface area contributed by atoms with Gasteiger partial charge in [0.05, 0.1) is 23.8 Å². The highest BCUT2D eigenvalue weighted by atomic mass is 16.2. The highest BCUT2D eigenvalue weighted by molar-refractivity contribution is 6.06. The summed E-state index contributed by atoms with van der Waals surface area (Å²) in [4.78, 5) is 19.8. The molecule has 4 rings (SSSR count). The van der Waals surface area contributed by atoms with E-state index in [1.54, 1.807) is 6.20 Å². The molecule has 134 valence electrons. The summed E-state index contributed by atoms with van der Waals surface area (Å²) in [5.41, 5.74) is 3.78. The minimum absolute atomic E-state index is 0.106. The molecule has 5 heteroatoms. The number of pyridine rings is 1. The Morgan fingerprint density at radius 2 is 2.08 bits per heavy atom. The predicted molar refractivity (Wildman–Crippen MR) is 102 cm³/mol. The van der Waals surface area contributed by atoms with E-state index in [4.69, 9.17) is 0 Å². The number of nitrogens with zero attached hydrogens (tertiary/aromatic N) is 4. The number of carbonyl (C=O) groups is 1. The van der Waals surface area contributed by atoms with Gasteiger partial charge in [0, 0.05) is 29.4 Å². The molecule has 0 aliphatic carbocycles. The third kappa shape index (κ3) is 3.09. The van der Waals surface area contributed by atoms with Gasteiger partial charge >= 0.3 is 0 Å². The largest absolute Gasteiger partial charge is 0.334 e. The van der Waals surface area contributed by atoms with Crippen molar-refractivity contribution in [2.24, 2.45) is 0 Å². The molecule has 1 saturated heterocycles. The number of piperidine rings is 1. The first-order valence-corrected chi connectivity index (χ1v) is 9.29. The third-order valence-corrected chi connectivity index (χ3v) is 5.25. The van der Waals surface area contributed by atoms with E-state index in [9.17, 15) is 4.79 Å². The van der Waals surface area contributed by atoms with Crippen LogP contribution >= 0.6 is 0 Å². The van der Waals surface area contributed by atoms with Crippen LogP contribution in [0.1, 0.15) is 41.0 Å². The maximum atomic E-state index is 13.4. The van der Waals surface area contributed by atoms with E-state index >= 15 is 0 Å². The summed E-state index contributed by atoms with van der Waals surface area (Å²) < 4.78 is 2.04. The summed E-state index contributed by atoms with van der Waals surface area (Å²) in [5.74, 6) is 0.106. The van der Waals surface area contributed by atoms with Crippen molar-refractivity contribution in [2.45, 2.75) is 45.7 Å². The maximum Gasteiger partial charge on any atom is 0.254 e.